The minimum absolute atomic E-state index is 0.107. The van der Waals surface area contributed by atoms with Gasteiger partial charge < -0.3 is 33.8 Å². The van der Waals surface area contributed by atoms with Crippen LogP contribution in [0.4, 0.5) is 0 Å². The Morgan fingerprint density at radius 2 is 0.447 bits per heavy atom. The number of carbonyl (C=O) groups is 4. The van der Waals surface area contributed by atoms with Gasteiger partial charge in [-0.3, -0.25) is 37.3 Å². The van der Waals surface area contributed by atoms with Gasteiger partial charge >= 0.3 is 39.5 Å². The fourth-order valence-corrected chi connectivity index (χ4v) is 14.6. The van der Waals surface area contributed by atoms with Crippen LogP contribution in [0.3, 0.4) is 0 Å². The van der Waals surface area contributed by atoms with Gasteiger partial charge in [-0.25, -0.2) is 9.13 Å². The van der Waals surface area contributed by atoms with E-state index in [2.05, 4.69) is 41.5 Å². The van der Waals surface area contributed by atoms with Crippen molar-refractivity contribution in [3.63, 3.8) is 0 Å². The molecule has 17 nitrogen and oxygen atoms in total. The Bertz CT molecular complexity index is 1980. The first-order valence-corrected chi connectivity index (χ1v) is 46.5. The summed E-state index contributed by atoms with van der Waals surface area (Å²) in [6.07, 6.45) is 66.6. The summed E-state index contributed by atoms with van der Waals surface area (Å²) in [6.45, 7) is 9.68. The molecule has 0 rings (SSSR count). The predicted octanol–water partition coefficient (Wildman–Crippen LogP) is 25.5. The van der Waals surface area contributed by atoms with Crippen LogP contribution in [0.2, 0.25) is 0 Å². The lowest BCUT2D eigenvalue weighted by Crippen LogP contribution is -2.30. The van der Waals surface area contributed by atoms with E-state index in [1.54, 1.807) is 0 Å². The zero-order valence-electron chi connectivity index (χ0n) is 67.6. The number of hydrogen-bond donors (Lipinski definition) is 3. The average Bonchev–Trinajstić information content (AvgIpc) is 0.908. The maximum absolute atomic E-state index is 13.1. The molecule has 0 aliphatic heterocycles. The van der Waals surface area contributed by atoms with E-state index in [0.29, 0.717) is 25.7 Å². The summed E-state index contributed by atoms with van der Waals surface area (Å²) < 4.78 is 68.8. The second-order valence-electron chi connectivity index (χ2n) is 31.2. The van der Waals surface area contributed by atoms with Gasteiger partial charge in [-0.2, -0.15) is 0 Å². The number of ether oxygens (including phenoxy) is 4. The van der Waals surface area contributed by atoms with Crippen LogP contribution in [0.25, 0.3) is 0 Å². The molecule has 19 heteroatoms. The Morgan fingerprint density at radius 1 is 0.262 bits per heavy atom. The number of unbranched alkanes of at least 4 members (excludes halogenated alkanes) is 53. The van der Waals surface area contributed by atoms with Gasteiger partial charge in [0, 0.05) is 25.7 Å². The predicted molar refractivity (Wildman–Crippen MR) is 423 cm³/mol. The molecule has 3 N–H and O–H groups in total. The lowest BCUT2D eigenvalue weighted by atomic mass is 10.0. The highest BCUT2D eigenvalue weighted by Crippen LogP contribution is 2.45. The molecule has 0 aromatic rings. The first kappa shape index (κ1) is 101. The first-order chi connectivity index (χ1) is 49.9. The zero-order valence-corrected chi connectivity index (χ0v) is 69.4. The van der Waals surface area contributed by atoms with E-state index in [4.69, 9.17) is 37.0 Å². The largest absolute Gasteiger partial charge is 0.472 e. The molecule has 0 radical (unpaired) electrons. The number of rotatable bonds is 83. The van der Waals surface area contributed by atoms with Gasteiger partial charge in [-0.15, -0.1) is 0 Å². The normalized spacial score (nSPS) is 13.9. The molecule has 0 spiro atoms. The molecular formula is C84H164O17P2. The van der Waals surface area contributed by atoms with Crippen molar-refractivity contribution in [1.82, 2.24) is 0 Å². The molecule has 0 bridgehead atoms. The molecular weight excluding hydrogens is 1340 g/mol. The highest BCUT2D eigenvalue weighted by Gasteiger charge is 2.30. The summed E-state index contributed by atoms with van der Waals surface area (Å²) >= 11 is 0. The van der Waals surface area contributed by atoms with Crippen molar-refractivity contribution < 1.29 is 80.2 Å². The lowest BCUT2D eigenvalue weighted by molar-refractivity contribution is -0.161. The maximum Gasteiger partial charge on any atom is 0.472 e. The molecule has 0 aliphatic rings. The lowest BCUT2D eigenvalue weighted by Gasteiger charge is -2.21. The molecule has 0 fully saturated rings. The van der Waals surface area contributed by atoms with Crippen molar-refractivity contribution in [1.29, 1.82) is 0 Å². The Morgan fingerprint density at radius 3 is 0.660 bits per heavy atom. The van der Waals surface area contributed by atoms with Gasteiger partial charge in [0.25, 0.3) is 0 Å². The Labute approximate surface area is 632 Å². The van der Waals surface area contributed by atoms with E-state index in [9.17, 15) is 43.2 Å². The third kappa shape index (κ3) is 78.0. The third-order valence-corrected chi connectivity index (χ3v) is 21.6. The van der Waals surface area contributed by atoms with E-state index < -0.39 is 97.5 Å². The molecule has 5 atom stereocenters. The summed E-state index contributed by atoms with van der Waals surface area (Å²) in [5.41, 5.74) is 0. The summed E-state index contributed by atoms with van der Waals surface area (Å²) in [6, 6.07) is 0. The van der Waals surface area contributed by atoms with Crippen LogP contribution in [-0.2, 0) is 65.4 Å². The van der Waals surface area contributed by atoms with Crippen molar-refractivity contribution in [3.8, 4) is 0 Å². The van der Waals surface area contributed by atoms with E-state index in [-0.39, 0.29) is 25.7 Å². The summed E-state index contributed by atoms with van der Waals surface area (Å²) in [7, 11) is -9.92. The van der Waals surface area contributed by atoms with Gasteiger partial charge in [0.05, 0.1) is 26.4 Å². The highest BCUT2D eigenvalue weighted by atomic mass is 31.2. The molecule has 612 valence electrons. The highest BCUT2D eigenvalue weighted by molar-refractivity contribution is 7.47. The fourth-order valence-electron chi connectivity index (χ4n) is 13.1. The topological polar surface area (TPSA) is 237 Å². The standard InChI is InChI=1S/C84H164O17P2/c1-7-9-11-13-15-17-19-21-22-23-24-25-26-27-28-31-38-44-50-56-62-68-83(88)100-79(73-95-82(87)67-61-55-49-43-37-32-29-30-34-40-46-52-58-64-76(3)4)74-98-102(90,91)96-70-78(85)71-97-103(92,93)99-75-80(72-94-81(86)66-60-54-48-42-36-20-18-16-14-12-10-8-2)101-84(89)69-63-57-51-45-39-33-35-41-47-53-59-65-77(5)6/h76-80,85H,7-75H2,1-6H3,(H,90,91)(H,92,93)/t78-,79-,80-/m1/s1. The SMILES string of the molecule is CCCCCCCCCCCCCCCCCCCCCCCC(=O)O[C@H](COC(=O)CCCCCCCCCCCCCCCC(C)C)COP(=O)(O)OC[C@@H](O)COP(=O)(O)OC[C@@H](COC(=O)CCCCCCCCCCCCCC)OC(=O)CCCCCCCCCCCCCC(C)C. The van der Waals surface area contributed by atoms with Gasteiger partial charge in [0.1, 0.15) is 19.3 Å². The molecule has 103 heavy (non-hydrogen) atoms. The summed E-state index contributed by atoms with van der Waals surface area (Å²) in [4.78, 5) is 73.2. The third-order valence-electron chi connectivity index (χ3n) is 19.7. The minimum atomic E-state index is -4.96. The number of phosphoric acid groups is 2. The zero-order chi connectivity index (χ0) is 75.6. The Hall–Kier alpha value is -1.94. The van der Waals surface area contributed by atoms with Crippen LogP contribution < -0.4 is 0 Å². The second-order valence-corrected chi connectivity index (χ2v) is 34.1. The van der Waals surface area contributed by atoms with Crippen LogP contribution in [0.15, 0.2) is 0 Å². The van der Waals surface area contributed by atoms with Crippen molar-refractivity contribution in [2.75, 3.05) is 39.6 Å². The minimum Gasteiger partial charge on any atom is -0.462 e. The molecule has 0 aromatic heterocycles. The van der Waals surface area contributed by atoms with Crippen LogP contribution >= 0.6 is 15.6 Å². The molecule has 0 saturated heterocycles. The molecule has 0 amide bonds. The second kappa shape index (κ2) is 75.5. The number of hydrogen-bond acceptors (Lipinski definition) is 15. The quantitative estimate of drug-likeness (QED) is 0.0222. The summed E-state index contributed by atoms with van der Waals surface area (Å²) in [5, 5.41) is 10.7. The monoisotopic (exact) mass is 1510 g/mol. The van der Waals surface area contributed by atoms with Gasteiger partial charge in [-0.1, -0.05) is 395 Å². The van der Waals surface area contributed by atoms with Crippen LogP contribution in [0.5, 0.6) is 0 Å². The molecule has 2 unspecified atom stereocenters. The van der Waals surface area contributed by atoms with E-state index in [1.165, 1.54) is 263 Å². The maximum atomic E-state index is 13.1. The van der Waals surface area contributed by atoms with Gasteiger partial charge in [0.15, 0.2) is 12.2 Å². The number of carbonyl (C=O) groups excluding carboxylic acids is 4. The number of aliphatic hydroxyl groups is 1. The molecule has 0 heterocycles. The molecule has 0 aromatic carbocycles. The Kier molecular flexibility index (Phi) is 74.1. The smallest absolute Gasteiger partial charge is 0.462 e. The van der Waals surface area contributed by atoms with Crippen LogP contribution in [0, 0.1) is 11.8 Å². The van der Waals surface area contributed by atoms with Crippen molar-refractivity contribution >= 4 is 39.5 Å². The van der Waals surface area contributed by atoms with Crippen molar-refractivity contribution in [3.05, 3.63) is 0 Å². The van der Waals surface area contributed by atoms with Crippen molar-refractivity contribution in [2.24, 2.45) is 11.8 Å². The van der Waals surface area contributed by atoms with Crippen LogP contribution in [-0.4, -0.2) is 96.7 Å². The van der Waals surface area contributed by atoms with Gasteiger partial charge in [0.2, 0.25) is 0 Å². The van der Waals surface area contributed by atoms with Crippen molar-refractivity contribution in [2.45, 2.75) is 464 Å². The molecule has 0 aliphatic carbocycles. The first-order valence-electron chi connectivity index (χ1n) is 43.5. The van der Waals surface area contributed by atoms with Gasteiger partial charge in [-0.05, 0) is 37.5 Å². The van der Waals surface area contributed by atoms with E-state index >= 15 is 0 Å². The van der Waals surface area contributed by atoms with Crippen LogP contribution in [0.1, 0.15) is 446 Å². The number of esters is 4. The van der Waals surface area contributed by atoms with E-state index in [0.717, 1.165) is 102 Å². The molecule has 0 saturated carbocycles. The summed E-state index contributed by atoms with van der Waals surface area (Å²) in [5.74, 6) is -0.547. The fraction of sp³-hybridized carbons (Fsp3) is 0.952. The number of phosphoric ester groups is 2. The van der Waals surface area contributed by atoms with E-state index in [1.807, 2.05) is 0 Å². The Balaban J connectivity index is 5.24. The average molecular weight is 1510 g/mol. The number of aliphatic hydroxyl groups excluding tert-OH is 1.